The molecule has 1 atom stereocenters. The number of aryl methyl sites for hydroxylation is 1. The average Bonchev–Trinajstić information content (AvgIpc) is 2.47. The molecule has 0 spiro atoms. The van der Waals surface area contributed by atoms with Crippen LogP contribution in [0.3, 0.4) is 0 Å². The Morgan fingerprint density at radius 3 is 2.50 bits per heavy atom. The highest BCUT2D eigenvalue weighted by Gasteiger charge is 2.14. The summed E-state index contributed by atoms with van der Waals surface area (Å²) in [7, 11) is 3.42. The quantitative estimate of drug-likeness (QED) is 0.876. The Hall–Kier alpha value is -2.30. The molecule has 20 heavy (non-hydrogen) atoms. The van der Waals surface area contributed by atoms with Crippen molar-refractivity contribution in [3.63, 3.8) is 0 Å². The molecule has 0 amide bonds. The molecule has 5 nitrogen and oxygen atoms in total. The largest absolute Gasteiger partial charge is 0.490 e. The van der Waals surface area contributed by atoms with E-state index in [9.17, 15) is 0 Å². The molecular formula is C15H20N4O. The van der Waals surface area contributed by atoms with Gasteiger partial charge < -0.3 is 15.4 Å². The van der Waals surface area contributed by atoms with Gasteiger partial charge in [-0.1, -0.05) is 24.3 Å². The number of hydrogen-bond acceptors (Lipinski definition) is 5. The summed E-state index contributed by atoms with van der Waals surface area (Å²) in [5, 5.41) is 6.37. The van der Waals surface area contributed by atoms with Crippen LogP contribution in [0.25, 0.3) is 0 Å². The number of nitrogens with one attached hydrogen (secondary N) is 2. The average molecular weight is 272 g/mol. The van der Waals surface area contributed by atoms with Gasteiger partial charge in [0, 0.05) is 7.05 Å². The number of methoxy groups -OCH3 is 1. The van der Waals surface area contributed by atoms with E-state index in [1.54, 1.807) is 14.2 Å². The van der Waals surface area contributed by atoms with Crippen LogP contribution < -0.4 is 15.4 Å². The molecular weight excluding hydrogens is 252 g/mol. The number of nitrogens with zero attached hydrogens (tertiary/aromatic N) is 2. The lowest BCUT2D eigenvalue weighted by molar-refractivity contribution is 0.414. The number of ether oxygens (including phenoxy) is 1. The molecule has 2 N–H and O–H groups in total. The fourth-order valence-corrected chi connectivity index (χ4v) is 2.20. The van der Waals surface area contributed by atoms with Gasteiger partial charge >= 0.3 is 0 Å². The standard InChI is InChI=1S/C15H20N4O/c1-10-7-5-6-8-12(10)11(2)19-15-13(20-4)14(16-3)17-9-18-15/h5-9,11H,1-4H3,(H2,16,17,18,19). The van der Waals surface area contributed by atoms with E-state index in [1.165, 1.54) is 17.5 Å². The Labute approximate surface area is 119 Å². The maximum absolute atomic E-state index is 5.38. The van der Waals surface area contributed by atoms with Crippen molar-refractivity contribution in [2.45, 2.75) is 19.9 Å². The first-order chi connectivity index (χ1) is 9.67. The minimum Gasteiger partial charge on any atom is -0.490 e. The van der Waals surface area contributed by atoms with Crippen molar-refractivity contribution >= 4 is 11.6 Å². The number of anilines is 2. The van der Waals surface area contributed by atoms with Crippen molar-refractivity contribution in [3.05, 3.63) is 41.7 Å². The van der Waals surface area contributed by atoms with Crippen LogP contribution in [0.4, 0.5) is 11.6 Å². The molecule has 2 rings (SSSR count). The Bertz CT molecular complexity index is 586. The van der Waals surface area contributed by atoms with E-state index >= 15 is 0 Å². The van der Waals surface area contributed by atoms with Gasteiger partial charge in [-0.2, -0.15) is 0 Å². The van der Waals surface area contributed by atoms with Gasteiger partial charge in [-0.05, 0) is 25.0 Å². The number of aromatic nitrogens is 2. The fraction of sp³-hybridized carbons (Fsp3) is 0.333. The van der Waals surface area contributed by atoms with Crippen molar-refractivity contribution in [1.29, 1.82) is 0 Å². The third-order valence-corrected chi connectivity index (χ3v) is 3.25. The zero-order valence-electron chi connectivity index (χ0n) is 12.3. The minimum absolute atomic E-state index is 0.129. The maximum atomic E-state index is 5.38. The first-order valence-electron chi connectivity index (χ1n) is 6.56. The topological polar surface area (TPSA) is 59.1 Å². The SMILES string of the molecule is CNc1ncnc(NC(C)c2ccccc2C)c1OC. The molecule has 106 valence electrons. The smallest absolute Gasteiger partial charge is 0.204 e. The lowest BCUT2D eigenvalue weighted by atomic mass is 10.0. The molecule has 0 aliphatic carbocycles. The van der Waals surface area contributed by atoms with E-state index in [0.29, 0.717) is 17.4 Å². The zero-order chi connectivity index (χ0) is 14.5. The molecule has 0 aliphatic heterocycles. The molecule has 0 saturated carbocycles. The number of hydrogen-bond donors (Lipinski definition) is 2. The molecule has 0 bridgehead atoms. The van der Waals surface area contributed by atoms with Crippen molar-refractivity contribution in [2.75, 3.05) is 24.8 Å². The predicted molar refractivity (Wildman–Crippen MR) is 81.3 cm³/mol. The van der Waals surface area contributed by atoms with Crippen LogP contribution in [-0.4, -0.2) is 24.1 Å². The predicted octanol–water partition coefficient (Wildman–Crippen LogP) is 3.01. The van der Waals surface area contributed by atoms with Crippen LogP contribution in [0.2, 0.25) is 0 Å². The monoisotopic (exact) mass is 272 g/mol. The van der Waals surface area contributed by atoms with Gasteiger partial charge in [-0.15, -0.1) is 0 Å². The van der Waals surface area contributed by atoms with Crippen LogP contribution >= 0.6 is 0 Å². The van der Waals surface area contributed by atoms with Crippen LogP contribution in [0.1, 0.15) is 24.1 Å². The van der Waals surface area contributed by atoms with E-state index in [0.717, 1.165) is 0 Å². The molecule has 1 aromatic heterocycles. The van der Waals surface area contributed by atoms with Gasteiger partial charge in [0.15, 0.2) is 11.6 Å². The van der Waals surface area contributed by atoms with E-state index in [1.807, 2.05) is 12.1 Å². The van der Waals surface area contributed by atoms with Gasteiger partial charge in [0.2, 0.25) is 5.75 Å². The highest BCUT2D eigenvalue weighted by molar-refractivity contribution is 5.63. The summed E-state index contributed by atoms with van der Waals surface area (Å²) in [6.45, 7) is 4.20. The van der Waals surface area contributed by atoms with Crippen LogP contribution in [0.15, 0.2) is 30.6 Å². The van der Waals surface area contributed by atoms with Crippen molar-refractivity contribution < 1.29 is 4.74 Å². The van der Waals surface area contributed by atoms with Crippen LogP contribution in [0, 0.1) is 6.92 Å². The summed E-state index contributed by atoms with van der Waals surface area (Å²) in [6.07, 6.45) is 1.52. The normalized spacial score (nSPS) is 11.8. The second kappa shape index (κ2) is 6.23. The van der Waals surface area contributed by atoms with Crippen molar-refractivity contribution in [1.82, 2.24) is 9.97 Å². The third-order valence-electron chi connectivity index (χ3n) is 3.25. The molecule has 0 radical (unpaired) electrons. The summed E-state index contributed by atoms with van der Waals surface area (Å²) in [5.74, 6) is 1.97. The van der Waals surface area contributed by atoms with Gasteiger partial charge in [-0.3, -0.25) is 0 Å². The highest BCUT2D eigenvalue weighted by atomic mass is 16.5. The second-order valence-electron chi connectivity index (χ2n) is 4.58. The Kier molecular flexibility index (Phi) is 4.40. The lowest BCUT2D eigenvalue weighted by Crippen LogP contribution is -2.11. The molecule has 0 fully saturated rings. The molecule has 5 heteroatoms. The summed E-state index contributed by atoms with van der Waals surface area (Å²) in [5.41, 5.74) is 2.48. The van der Waals surface area contributed by atoms with Gasteiger partial charge in [0.25, 0.3) is 0 Å². The van der Waals surface area contributed by atoms with Crippen molar-refractivity contribution in [2.24, 2.45) is 0 Å². The number of benzene rings is 1. The molecule has 1 heterocycles. The highest BCUT2D eigenvalue weighted by Crippen LogP contribution is 2.31. The Morgan fingerprint density at radius 2 is 1.85 bits per heavy atom. The number of rotatable bonds is 5. The third kappa shape index (κ3) is 2.82. The summed E-state index contributed by atoms with van der Waals surface area (Å²) in [6, 6.07) is 8.42. The zero-order valence-corrected chi connectivity index (χ0v) is 12.3. The van der Waals surface area contributed by atoms with E-state index in [2.05, 4.69) is 46.6 Å². The Balaban J connectivity index is 2.28. The molecule has 1 unspecified atom stereocenters. The summed E-state index contributed by atoms with van der Waals surface area (Å²) >= 11 is 0. The molecule has 0 saturated heterocycles. The van der Waals surface area contributed by atoms with Gasteiger partial charge in [0.05, 0.1) is 13.2 Å². The summed E-state index contributed by atoms with van der Waals surface area (Å²) < 4.78 is 5.38. The van der Waals surface area contributed by atoms with Gasteiger partial charge in [-0.25, -0.2) is 9.97 Å². The van der Waals surface area contributed by atoms with E-state index < -0.39 is 0 Å². The first-order valence-corrected chi connectivity index (χ1v) is 6.56. The van der Waals surface area contributed by atoms with Crippen LogP contribution in [-0.2, 0) is 0 Å². The maximum Gasteiger partial charge on any atom is 0.204 e. The fourth-order valence-electron chi connectivity index (χ4n) is 2.20. The van der Waals surface area contributed by atoms with E-state index in [-0.39, 0.29) is 6.04 Å². The van der Waals surface area contributed by atoms with Crippen LogP contribution in [0.5, 0.6) is 5.75 Å². The van der Waals surface area contributed by atoms with E-state index in [4.69, 9.17) is 4.74 Å². The minimum atomic E-state index is 0.129. The Morgan fingerprint density at radius 1 is 1.15 bits per heavy atom. The molecule has 2 aromatic rings. The summed E-state index contributed by atoms with van der Waals surface area (Å²) in [4.78, 5) is 8.41. The second-order valence-corrected chi connectivity index (χ2v) is 4.58. The first kappa shape index (κ1) is 14.1. The van der Waals surface area contributed by atoms with Crippen molar-refractivity contribution in [3.8, 4) is 5.75 Å². The molecule has 1 aromatic carbocycles. The lowest BCUT2D eigenvalue weighted by Gasteiger charge is -2.19. The van der Waals surface area contributed by atoms with Gasteiger partial charge in [0.1, 0.15) is 6.33 Å². The molecule has 0 aliphatic rings.